The second kappa shape index (κ2) is 8.21. The van der Waals surface area contributed by atoms with Crippen molar-refractivity contribution < 1.29 is 23.8 Å². The number of β-amino-alcohol motifs (C(OH)–C–C–N with tert-alkyl or cyclic N) is 1. The summed E-state index contributed by atoms with van der Waals surface area (Å²) in [5.74, 6) is -0.650. The van der Waals surface area contributed by atoms with Crippen LogP contribution in [0.1, 0.15) is 37.8 Å². The molecule has 3 amide bonds. The van der Waals surface area contributed by atoms with Gasteiger partial charge in [-0.05, 0) is 36.1 Å². The van der Waals surface area contributed by atoms with Crippen molar-refractivity contribution in [2.45, 2.75) is 38.3 Å². The van der Waals surface area contributed by atoms with Crippen molar-refractivity contribution in [3.05, 3.63) is 65.5 Å². The van der Waals surface area contributed by atoms with Gasteiger partial charge < -0.3 is 15.2 Å². The molecule has 154 valence electrons. The zero-order valence-electron chi connectivity index (χ0n) is 16.7. The smallest absolute Gasteiger partial charge is 0.325 e. The van der Waals surface area contributed by atoms with Gasteiger partial charge in [0.1, 0.15) is 18.2 Å². The maximum absolute atomic E-state index is 13.6. The van der Waals surface area contributed by atoms with E-state index < -0.39 is 29.4 Å². The Labute approximate surface area is 169 Å². The minimum absolute atomic E-state index is 0.00108. The zero-order valence-corrected chi connectivity index (χ0v) is 16.7. The molecule has 0 radical (unpaired) electrons. The number of carbonyl (C=O) groups excluding carboxylic acids is 2. The van der Waals surface area contributed by atoms with Gasteiger partial charge in [-0.2, -0.15) is 0 Å². The van der Waals surface area contributed by atoms with Crippen LogP contribution in [0, 0.1) is 5.82 Å². The van der Waals surface area contributed by atoms with Gasteiger partial charge >= 0.3 is 6.03 Å². The van der Waals surface area contributed by atoms with Gasteiger partial charge in [-0.1, -0.05) is 50.2 Å². The molecule has 0 spiro atoms. The second-order valence-corrected chi connectivity index (χ2v) is 7.64. The van der Waals surface area contributed by atoms with E-state index in [4.69, 9.17) is 4.74 Å². The van der Waals surface area contributed by atoms with Crippen LogP contribution in [0.5, 0.6) is 5.75 Å². The Balaban J connectivity index is 1.67. The van der Waals surface area contributed by atoms with E-state index in [0.29, 0.717) is 11.5 Å². The summed E-state index contributed by atoms with van der Waals surface area (Å²) in [6.45, 7) is 5.29. The maximum atomic E-state index is 13.6. The van der Waals surface area contributed by atoms with E-state index in [2.05, 4.69) is 19.2 Å². The summed E-state index contributed by atoms with van der Waals surface area (Å²) in [4.78, 5) is 26.3. The monoisotopic (exact) mass is 400 g/mol. The summed E-state index contributed by atoms with van der Waals surface area (Å²) < 4.78 is 18.9. The van der Waals surface area contributed by atoms with Crippen LogP contribution in [-0.4, -0.2) is 41.2 Å². The van der Waals surface area contributed by atoms with Gasteiger partial charge in [-0.15, -0.1) is 0 Å². The van der Waals surface area contributed by atoms with Gasteiger partial charge in [0.2, 0.25) is 0 Å². The molecule has 1 saturated heterocycles. The van der Waals surface area contributed by atoms with Crippen molar-refractivity contribution in [1.82, 2.24) is 10.2 Å². The fourth-order valence-corrected chi connectivity index (χ4v) is 3.27. The quantitative estimate of drug-likeness (QED) is 0.700. The van der Waals surface area contributed by atoms with Crippen LogP contribution in [0.25, 0.3) is 0 Å². The molecule has 7 heteroatoms. The Kier molecular flexibility index (Phi) is 5.88. The Bertz CT molecular complexity index is 900. The molecule has 0 aliphatic carbocycles. The van der Waals surface area contributed by atoms with Crippen LogP contribution >= 0.6 is 0 Å². The third-order valence-corrected chi connectivity index (χ3v) is 5.09. The first-order valence-corrected chi connectivity index (χ1v) is 9.52. The Morgan fingerprint density at radius 1 is 1.14 bits per heavy atom. The van der Waals surface area contributed by atoms with Crippen molar-refractivity contribution in [3.63, 3.8) is 0 Å². The lowest BCUT2D eigenvalue weighted by Crippen LogP contribution is -2.42. The van der Waals surface area contributed by atoms with Crippen molar-refractivity contribution in [2.24, 2.45) is 0 Å². The first-order valence-electron chi connectivity index (χ1n) is 9.52. The highest BCUT2D eigenvalue weighted by Crippen LogP contribution is 2.30. The van der Waals surface area contributed by atoms with Crippen LogP contribution in [0.3, 0.4) is 0 Å². The van der Waals surface area contributed by atoms with Crippen LogP contribution < -0.4 is 10.1 Å². The highest BCUT2D eigenvalue weighted by Gasteiger charge is 2.49. The largest absolute Gasteiger partial charge is 0.488 e. The molecule has 0 unspecified atom stereocenters. The molecule has 3 rings (SSSR count). The Morgan fingerprint density at radius 2 is 1.79 bits per heavy atom. The molecule has 1 aliphatic rings. The van der Waals surface area contributed by atoms with Crippen molar-refractivity contribution in [2.75, 3.05) is 13.2 Å². The van der Waals surface area contributed by atoms with Gasteiger partial charge in [0.25, 0.3) is 5.91 Å². The molecule has 2 aromatic rings. The van der Waals surface area contributed by atoms with Gasteiger partial charge in [-0.3, -0.25) is 9.69 Å². The van der Waals surface area contributed by atoms with Crippen molar-refractivity contribution in [1.29, 1.82) is 0 Å². The summed E-state index contributed by atoms with van der Waals surface area (Å²) in [5.41, 5.74) is 0.588. The third-order valence-electron chi connectivity index (χ3n) is 5.09. The lowest BCUT2D eigenvalue weighted by Gasteiger charge is -2.23. The van der Waals surface area contributed by atoms with Crippen LogP contribution in [0.2, 0.25) is 0 Å². The number of nitrogens with zero attached hydrogens (tertiary/aromatic N) is 1. The van der Waals surface area contributed by atoms with E-state index in [-0.39, 0.29) is 18.9 Å². The van der Waals surface area contributed by atoms with E-state index >= 15 is 0 Å². The topological polar surface area (TPSA) is 78.9 Å². The van der Waals surface area contributed by atoms with Crippen molar-refractivity contribution >= 4 is 11.9 Å². The Hall–Kier alpha value is -2.93. The molecule has 0 aromatic heterocycles. The van der Waals surface area contributed by atoms with Gasteiger partial charge in [0.05, 0.1) is 6.54 Å². The highest BCUT2D eigenvalue weighted by molar-refractivity contribution is 6.07. The molecule has 2 aromatic carbocycles. The first-order chi connectivity index (χ1) is 13.7. The van der Waals surface area contributed by atoms with E-state index in [1.54, 1.807) is 13.0 Å². The number of halogens is 1. The number of rotatable bonds is 7. The molecule has 2 atom stereocenters. The lowest BCUT2D eigenvalue weighted by atomic mass is 9.90. The van der Waals surface area contributed by atoms with Gasteiger partial charge in [-0.25, -0.2) is 9.18 Å². The number of aliphatic hydroxyl groups excluding tert-OH is 1. The van der Waals surface area contributed by atoms with E-state index in [9.17, 15) is 19.1 Å². The van der Waals surface area contributed by atoms with Crippen LogP contribution in [-0.2, 0) is 10.3 Å². The fourth-order valence-electron chi connectivity index (χ4n) is 3.27. The predicted octanol–water partition coefficient (Wildman–Crippen LogP) is 3.16. The molecule has 0 bridgehead atoms. The minimum atomic E-state index is -1.21. The summed E-state index contributed by atoms with van der Waals surface area (Å²) >= 11 is 0. The molecular weight excluding hydrogens is 375 g/mol. The average molecular weight is 400 g/mol. The number of ether oxygens (including phenoxy) is 1. The summed E-state index contributed by atoms with van der Waals surface area (Å²) in [6, 6.07) is 12.8. The highest BCUT2D eigenvalue weighted by atomic mass is 19.1. The number of hydrogen-bond acceptors (Lipinski definition) is 4. The number of carbonyl (C=O) groups is 2. The first kappa shape index (κ1) is 20.8. The zero-order chi connectivity index (χ0) is 21.2. The van der Waals surface area contributed by atoms with Crippen molar-refractivity contribution in [3.8, 4) is 5.75 Å². The number of urea groups is 1. The lowest BCUT2D eigenvalue weighted by molar-refractivity contribution is -0.132. The van der Waals surface area contributed by atoms with E-state index in [1.165, 1.54) is 18.2 Å². The number of amides is 3. The molecule has 2 N–H and O–H groups in total. The maximum Gasteiger partial charge on any atom is 0.325 e. The number of aliphatic hydroxyl groups is 1. The minimum Gasteiger partial charge on any atom is -0.488 e. The van der Waals surface area contributed by atoms with Crippen LogP contribution in [0.15, 0.2) is 48.5 Å². The SMILES string of the molecule is CC(C)c1ccc([C@]2(C)NC(=O)N(C[C@H](O)COc3ccccc3F)C2=O)cc1. The average Bonchev–Trinajstić information content (AvgIpc) is 2.91. The van der Waals surface area contributed by atoms with E-state index in [1.807, 2.05) is 24.3 Å². The van der Waals surface area contributed by atoms with Gasteiger partial charge in [0.15, 0.2) is 11.6 Å². The molecule has 29 heavy (non-hydrogen) atoms. The third kappa shape index (κ3) is 4.24. The standard InChI is InChI=1S/C22H25FN2O4/c1-14(2)15-8-10-16(11-9-15)22(3)20(27)25(21(28)24-22)12-17(26)13-29-19-7-5-4-6-18(19)23/h4-11,14,17,26H,12-13H2,1-3H3,(H,24,28)/t17-,22-/m0/s1. The predicted molar refractivity (Wildman–Crippen MR) is 106 cm³/mol. The number of nitrogens with one attached hydrogen (secondary N) is 1. The van der Waals surface area contributed by atoms with E-state index in [0.717, 1.165) is 10.5 Å². The number of hydrogen-bond donors (Lipinski definition) is 2. The molecule has 1 fully saturated rings. The molecule has 1 heterocycles. The Morgan fingerprint density at radius 3 is 2.41 bits per heavy atom. The molecule has 6 nitrogen and oxygen atoms in total. The second-order valence-electron chi connectivity index (χ2n) is 7.64. The normalized spacial score (nSPS) is 20.1. The molecule has 1 aliphatic heterocycles. The molecular formula is C22H25FN2O4. The summed E-state index contributed by atoms with van der Waals surface area (Å²) in [5, 5.41) is 12.9. The molecule has 0 saturated carbocycles. The number of imide groups is 1. The summed E-state index contributed by atoms with van der Waals surface area (Å²) in [6.07, 6.45) is -1.16. The fraction of sp³-hybridized carbons (Fsp3) is 0.364. The van der Waals surface area contributed by atoms with Gasteiger partial charge in [0, 0.05) is 0 Å². The van der Waals surface area contributed by atoms with Crippen LogP contribution in [0.4, 0.5) is 9.18 Å². The summed E-state index contributed by atoms with van der Waals surface area (Å²) in [7, 11) is 0. The number of benzene rings is 2. The number of para-hydroxylation sites is 1.